The van der Waals surface area contributed by atoms with Gasteiger partial charge < -0.3 is 24.7 Å². The topological polar surface area (TPSA) is 90.3 Å². The fraction of sp³-hybridized carbons (Fsp3) is 0.818. The van der Waals surface area contributed by atoms with Gasteiger partial charge in [-0.3, -0.25) is 0 Å². The maximum atomic E-state index is 12.0. The standard InChI is InChI=1S/C11H18N2O5/c1-11(18-5-9(15)16)6-13(7-11)10(17)12-3-2-8(14)4-12/h8,14H,2-7H2,1H3,(H,15,16). The zero-order valence-electron chi connectivity index (χ0n) is 10.3. The van der Waals surface area contributed by atoms with Crippen LogP contribution in [-0.4, -0.2) is 76.5 Å². The number of hydrogen-bond donors (Lipinski definition) is 2. The van der Waals surface area contributed by atoms with Gasteiger partial charge in [-0.2, -0.15) is 0 Å². The minimum atomic E-state index is -1.01. The Balaban J connectivity index is 1.77. The number of ether oxygens (including phenoxy) is 1. The average Bonchev–Trinajstić information content (AvgIpc) is 2.68. The van der Waals surface area contributed by atoms with Gasteiger partial charge in [0.05, 0.1) is 19.2 Å². The van der Waals surface area contributed by atoms with E-state index in [1.807, 2.05) is 0 Å². The van der Waals surface area contributed by atoms with Crippen LogP contribution < -0.4 is 0 Å². The number of nitrogens with zero attached hydrogens (tertiary/aromatic N) is 2. The Labute approximate surface area is 105 Å². The largest absolute Gasteiger partial charge is 0.480 e. The number of carboxylic acids is 1. The van der Waals surface area contributed by atoms with Crippen LogP contribution in [0.15, 0.2) is 0 Å². The Morgan fingerprint density at radius 3 is 2.56 bits per heavy atom. The lowest BCUT2D eigenvalue weighted by atomic mass is 9.97. The molecule has 1 unspecified atom stereocenters. The number of β-amino-alcohol motifs (C(OH)–C–C–N with tert-alkyl or cyclic N) is 1. The van der Waals surface area contributed by atoms with Crippen molar-refractivity contribution in [2.75, 3.05) is 32.8 Å². The normalized spacial score (nSPS) is 26.0. The van der Waals surface area contributed by atoms with Crippen molar-refractivity contribution in [3.63, 3.8) is 0 Å². The summed E-state index contributed by atoms with van der Waals surface area (Å²) in [6.07, 6.45) is 0.191. The monoisotopic (exact) mass is 258 g/mol. The zero-order chi connectivity index (χ0) is 13.3. The fourth-order valence-corrected chi connectivity index (χ4v) is 2.34. The van der Waals surface area contributed by atoms with Gasteiger partial charge in [0.2, 0.25) is 0 Å². The number of aliphatic hydroxyl groups excluding tert-OH is 1. The van der Waals surface area contributed by atoms with E-state index in [4.69, 9.17) is 9.84 Å². The molecule has 0 spiro atoms. The van der Waals surface area contributed by atoms with Crippen molar-refractivity contribution >= 4 is 12.0 Å². The molecule has 0 aromatic rings. The lowest BCUT2D eigenvalue weighted by molar-refractivity contribution is -0.160. The molecule has 102 valence electrons. The first-order valence-electron chi connectivity index (χ1n) is 5.97. The van der Waals surface area contributed by atoms with Gasteiger partial charge in [0.15, 0.2) is 0 Å². The SMILES string of the molecule is CC1(OCC(=O)O)CN(C(=O)N2CCC(O)C2)C1. The summed E-state index contributed by atoms with van der Waals surface area (Å²) in [6, 6.07) is -0.108. The van der Waals surface area contributed by atoms with Crippen LogP contribution in [0.2, 0.25) is 0 Å². The highest BCUT2D eigenvalue weighted by atomic mass is 16.5. The van der Waals surface area contributed by atoms with Gasteiger partial charge in [0.1, 0.15) is 12.2 Å². The highest BCUT2D eigenvalue weighted by molar-refractivity contribution is 5.76. The van der Waals surface area contributed by atoms with Crippen molar-refractivity contribution in [3.8, 4) is 0 Å². The van der Waals surface area contributed by atoms with E-state index in [2.05, 4.69) is 0 Å². The van der Waals surface area contributed by atoms with E-state index in [-0.39, 0.29) is 12.6 Å². The van der Waals surface area contributed by atoms with Gasteiger partial charge in [0.25, 0.3) is 0 Å². The Morgan fingerprint density at radius 2 is 2.06 bits per heavy atom. The maximum absolute atomic E-state index is 12.0. The fourth-order valence-electron chi connectivity index (χ4n) is 2.34. The second-order valence-corrected chi connectivity index (χ2v) is 5.16. The molecule has 2 fully saturated rings. The maximum Gasteiger partial charge on any atom is 0.329 e. The third-order valence-electron chi connectivity index (χ3n) is 3.30. The Hall–Kier alpha value is -1.34. The molecule has 2 aliphatic heterocycles. The van der Waals surface area contributed by atoms with Gasteiger partial charge in [-0.25, -0.2) is 9.59 Å². The quantitative estimate of drug-likeness (QED) is 0.702. The molecule has 0 aliphatic carbocycles. The summed E-state index contributed by atoms with van der Waals surface area (Å²) in [5, 5.41) is 17.9. The van der Waals surface area contributed by atoms with Crippen molar-refractivity contribution in [2.45, 2.75) is 25.0 Å². The number of amides is 2. The predicted octanol–water partition coefficient (Wildman–Crippen LogP) is -0.651. The molecule has 0 radical (unpaired) electrons. The summed E-state index contributed by atoms with van der Waals surface area (Å²) in [4.78, 5) is 25.6. The van der Waals surface area contributed by atoms with Crippen molar-refractivity contribution < 1.29 is 24.5 Å². The minimum Gasteiger partial charge on any atom is -0.480 e. The molecule has 2 aliphatic rings. The number of aliphatic hydroxyl groups is 1. The number of rotatable bonds is 3. The summed E-state index contributed by atoms with van der Waals surface area (Å²) < 4.78 is 5.23. The lowest BCUT2D eigenvalue weighted by Gasteiger charge is -2.48. The van der Waals surface area contributed by atoms with Crippen LogP contribution in [0.3, 0.4) is 0 Å². The highest BCUT2D eigenvalue weighted by Gasteiger charge is 2.44. The molecule has 2 saturated heterocycles. The van der Waals surface area contributed by atoms with Crippen LogP contribution in [0.1, 0.15) is 13.3 Å². The van der Waals surface area contributed by atoms with Crippen molar-refractivity contribution in [1.82, 2.24) is 9.80 Å². The van der Waals surface area contributed by atoms with Crippen LogP contribution in [0.25, 0.3) is 0 Å². The van der Waals surface area contributed by atoms with E-state index in [0.29, 0.717) is 32.6 Å². The lowest BCUT2D eigenvalue weighted by Crippen LogP contribution is -2.65. The number of carboxylic acid groups (broad SMARTS) is 1. The molecule has 2 amide bonds. The van der Waals surface area contributed by atoms with E-state index in [1.165, 1.54) is 0 Å². The summed E-state index contributed by atoms with van der Waals surface area (Å²) in [5.74, 6) is -1.01. The molecule has 7 heteroatoms. The number of aliphatic carboxylic acids is 1. The molecule has 0 saturated carbocycles. The first-order chi connectivity index (χ1) is 8.39. The number of likely N-dealkylation sites (tertiary alicyclic amines) is 2. The Bertz CT molecular complexity index is 353. The third kappa shape index (κ3) is 2.73. The van der Waals surface area contributed by atoms with Gasteiger partial charge >= 0.3 is 12.0 Å². The number of carbonyl (C=O) groups excluding carboxylic acids is 1. The highest BCUT2D eigenvalue weighted by Crippen LogP contribution is 2.26. The third-order valence-corrected chi connectivity index (χ3v) is 3.30. The molecule has 0 bridgehead atoms. The predicted molar refractivity (Wildman–Crippen MR) is 61.2 cm³/mol. The molecular formula is C11H18N2O5. The summed E-state index contributed by atoms with van der Waals surface area (Å²) in [5.41, 5.74) is -0.563. The number of carbonyl (C=O) groups is 2. The van der Waals surface area contributed by atoms with E-state index >= 15 is 0 Å². The van der Waals surface area contributed by atoms with E-state index in [9.17, 15) is 14.7 Å². The van der Waals surface area contributed by atoms with Crippen LogP contribution in [-0.2, 0) is 9.53 Å². The molecule has 2 N–H and O–H groups in total. The van der Waals surface area contributed by atoms with E-state index in [0.717, 1.165) is 0 Å². The molecule has 18 heavy (non-hydrogen) atoms. The number of hydrogen-bond acceptors (Lipinski definition) is 4. The average molecular weight is 258 g/mol. The van der Waals surface area contributed by atoms with E-state index in [1.54, 1.807) is 16.7 Å². The van der Waals surface area contributed by atoms with Gasteiger partial charge in [-0.15, -0.1) is 0 Å². The molecule has 2 rings (SSSR count). The first kappa shape index (κ1) is 13.1. The van der Waals surface area contributed by atoms with Crippen LogP contribution in [0, 0.1) is 0 Å². The minimum absolute atomic E-state index is 0.108. The molecular weight excluding hydrogens is 240 g/mol. The van der Waals surface area contributed by atoms with Crippen molar-refractivity contribution in [2.24, 2.45) is 0 Å². The molecule has 7 nitrogen and oxygen atoms in total. The summed E-state index contributed by atoms with van der Waals surface area (Å²) in [7, 11) is 0. The van der Waals surface area contributed by atoms with Gasteiger partial charge in [0, 0.05) is 13.1 Å². The Kier molecular flexibility index (Phi) is 3.45. The molecule has 1 atom stereocenters. The summed E-state index contributed by atoms with van der Waals surface area (Å²) >= 11 is 0. The smallest absolute Gasteiger partial charge is 0.329 e. The van der Waals surface area contributed by atoms with Gasteiger partial charge in [-0.1, -0.05) is 0 Å². The van der Waals surface area contributed by atoms with Crippen LogP contribution in [0.5, 0.6) is 0 Å². The second kappa shape index (κ2) is 4.74. The second-order valence-electron chi connectivity index (χ2n) is 5.16. The zero-order valence-corrected chi connectivity index (χ0v) is 10.3. The number of urea groups is 1. The first-order valence-corrected chi connectivity index (χ1v) is 5.97. The molecule has 0 aromatic carbocycles. The molecule has 2 heterocycles. The summed E-state index contributed by atoms with van der Waals surface area (Å²) in [6.45, 7) is 3.18. The van der Waals surface area contributed by atoms with Crippen molar-refractivity contribution in [1.29, 1.82) is 0 Å². The molecule has 0 aromatic heterocycles. The van der Waals surface area contributed by atoms with Crippen LogP contribution in [0.4, 0.5) is 4.79 Å². The van der Waals surface area contributed by atoms with Gasteiger partial charge in [-0.05, 0) is 13.3 Å². The Morgan fingerprint density at radius 1 is 1.39 bits per heavy atom. The van der Waals surface area contributed by atoms with E-state index < -0.39 is 17.7 Å². The van der Waals surface area contributed by atoms with Crippen LogP contribution >= 0.6 is 0 Å². The van der Waals surface area contributed by atoms with Crippen molar-refractivity contribution in [3.05, 3.63) is 0 Å².